The van der Waals surface area contributed by atoms with Crippen molar-refractivity contribution in [3.8, 4) is 0 Å². The molecule has 0 heterocycles. The lowest BCUT2D eigenvalue weighted by atomic mass is 10.1. The van der Waals surface area contributed by atoms with Gasteiger partial charge in [-0.25, -0.2) is 0 Å². The summed E-state index contributed by atoms with van der Waals surface area (Å²) in [6.45, 7) is 7.35. The smallest absolute Gasteiger partial charge is 0.0603 e. The molecule has 0 aliphatic heterocycles. The van der Waals surface area contributed by atoms with E-state index < -0.39 is 0 Å². The summed E-state index contributed by atoms with van der Waals surface area (Å²) >= 11 is 13.8. The van der Waals surface area contributed by atoms with Gasteiger partial charge >= 0.3 is 0 Å². The molecule has 2 aromatic carbocycles. The fourth-order valence-corrected chi connectivity index (χ4v) is 3.12. The second-order valence-electron chi connectivity index (χ2n) is 5.89. The predicted octanol–water partition coefficient (Wildman–Crippen LogP) is 6.03. The molecule has 0 fully saturated rings. The summed E-state index contributed by atoms with van der Waals surface area (Å²) in [6.07, 6.45) is 0. The number of nitrogens with one attached hydrogen (secondary N) is 1. The van der Waals surface area contributed by atoms with Gasteiger partial charge in [0.2, 0.25) is 0 Å². The third-order valence-corrected chi connectivity index (χ3v) is 4.75. The van der Waals surface area contributed by atoms with Crippen LogP contribution in [-0.2, 0) is 6.54 Å². The number of benzene rings is 2. The Balaban J connectivity index is 2.17. The van der Waals surface area contributed by atoms with Gasteiger partial charge in [-0.3, -0.25) is 0 Å². The van der Waals surface area contributed by atoms with Crippen molar-refractivity contribution in [1.82, 2.24) is 5.32 Å². The molecule has 21 heavy (non-hydrogen) atoms. The Bertz CT molecular complexity index is 620. The molecule has 0 bridgehead atoms. The zero-order valence-electron chi connectivity index (χ0n) is 12.4. The highest BCUT2D eigenvalue weighted by atomic mass is 35.5. The van der Waals surface area contributed by atoms with Gasteiger partial charge < -0.3 is 5.32 Å². The van der Waals surface area contributed by atoms with Crippen molar-refractivity contribution in [3.05, 3.63) is 58.1 Å². The van der Waals surface area contributed by atoms with Crippen LogP contribution in [0.25, 0.3) is 0 Å². The minimum atomic E-state index is 0.0986. The van der Waals surface area contributed by atoms with Crippen molar-refractivity contribution in [2.24, 2.45) is 0 Å². The molecule has 0 radical (unpaired) electrons. The number of hydrogen-bond donors (Lipinski definition) is 1. The summed E-state index contributed by atoms with van der Waals surface area (Å²) in [5.41, 5.74) is 1.38. The van der Waals surface area contributed by atoms with E-state index in [-0.39, 0.29) is 5.54 Å². The topological polar surface area (TPSA) is 12.0 Å². The minimum absolute atomic E-state index is 0.0986. The molecular weight excluding hydrogens is 321 g/mol. The number of halogens is 2. The quantitative estimate of drug-likeness (QED) is 0.729. The Morgan fingerprint density at radius 1 is 1.00 bits per heavy atom. The number of hydrogen-bond acceptors (Lipinski definition) is 2. The van der Waals surface area contributed by atoms with E-state index in [1.807, 2.05) is 18.2 Å². The van der Waals surface area contributed by atoms with E-state index in [1.165, 1.54) is 10.5 Å². The summed E-state index contributed by atoms with van der Waals surface area (Å²) < 4.78 is 0. The molecule has 0 spiro atoms. The van der Waals surface area contributed by atoms with E-state index in [0.29, 0.717) is 10.0 Å². The standard InChI is InChI=1S/C17H19Cl2NS/c1-17(2,3)20-11-12-6-4-5-7-16(12)21-13-8-9-14(18)15(19)10-13/h4-10,20H,11H2,1-3H3. The van der Waals surface area contributed by atoms with E-state index in [0.717, 1.165) is 11.4 Å². The largest absolute Gasteiger partial charge is 0.308 e. The Morgan fingerprint density at radius 3 is 2.38 bits per heavy atom. The van der Waals surface area contributed by atoms with Gasteiger partial charge in [-0.05, 0) is 50.6 Å². The molecule has 0 aromatic heterocycles. The lowest BCUT2D eigenvalue weighted by Gasteiger charge is -2.21. The van der Waals surface area contributed by atoms with Crippen LogP contribution >= 0.6 is 35.0 Å². The van der Waals surface area contributed by atoms with Gasteiger partial charge in [0.05, 0.1) is 10.0 Å². The molecule has 4 heteroatoms. The SMILES string of the molecule is CC(C)(C)NCc1ccccc1Sc1ccc(Cl)c(Cl)c1. The molecule has 0 aliphatic carbocycles. The highest BCUT2D eigenvalue weighted by molar-refractivity contribution is 7.99. The number of rotatable bonds is 4. The first-order valence-electron chi connectivity index (χ1n) is 6.81. The maximum atomic E-state index is 6.08. The second-order valence-corrected chi connectivity index (χ2v) is 7.82. The van der Waals surface area contributed by atoms with Gasteiger partial charge in [-0.1, -0.05) is 53.2 Å². The fraction of sp³-hybridized carbons (Fsp3) is 0.294. The molecule has 0 aliphatic rings. The highest BCUT2D eigenvalue weighted by Gasteiger charge is 2.11. The van der Waals surface area contributed by atoms with Crippen LogP contribution in [0.15, 0.2) is 52.3 Å². The van der Waals surface area contributed by atoms with E-state index in [4.69, 9.17) is 23.2 Å². The average Bonchev–Trinajstić information content (AvgIpc) is 2.41. The molecule has 0 saturated carbocycles. The van der Waals surface area contributed by atoms with Crippen LogP contribution in [0, 0.1) is 0 Å². The Hall–Kier alpha value is -0.670. The van der Waals surface area contributed by atoms with Crippen LogP contribution in [0.3, 0.4) is 0 Å². The molecule has 1 N–H and O–H groups in total. The molecule has 0 saturated heterocycles. The van der Waals surface area contributed by atoms with E-state index >= 15 is 0 Å². The van der Waals surface area contributed by atoms with Gasteiger partial charge in [0, 0.05) is 21.9 Å². The predicted molar refractivity (Wildman–Crippen MR) is 93.6 cm³/mol. The van der Waals surface area contributed by atoms with E-state index in [9.17, 15) is 0 Å². The molecule has 2 aromatic rings. The van der Waals surface area contributed by atoms with Crippen LogP contribution in [0.2, 0.25) is 10.0 Å². The van der Waals surface area contributed by atoms with Crippen molar-refractivity contribution in [2.45, 2.75) is 42.6 Å². The molecule has 0 atom stereocenters. The summed E-state index contributed by atoms with van der Waals surface area (Å²) in [5.74, 6) is 0. The Morgan fingerprint density at radius 2 is 1.71 bits per heavy atom. The van der Waals surface area contributed by atoms with Gasteiger partial charge in [0.25, 0.3) is 0 Å². The maximum Gasteiger partial charge on any atom is 0.0603 e. The fourth-order valence-electron chi connectivity index (χ4n) is 1.78. The van der Waals surface area contributed by atoms with Gasteiger partial charge in [-0.2, -0.15) is 0 Å². The monoisotopic (exact) mass is 339 g/mol. The molecule has 0 unspecified atom stereocenters. The molecular formula is C17H19Cl2NS. The van der Waals surface area contributed by atoms with Crippen molar-refractivity contribution in [3.63, 3.8) is 0 Å². The zero-order valence-corrected chi connectivity index (χ0v) is 14.7. The Labute approximate surface area is 141 Å². The molecule has 2 rings (SSSR count). The van der Waals surface area contributed by atoms with Crippen LogP contribution in [-0.4, -0.2) is 5.54 Å². The minimum Gasteiger partial charge on any atom is -0.308 e. The van der Waals surface area contributed by atoms with Gasteiger partial charge in [0.15, 0.2) is 0 Å². The lowest BCUT2D eigenvalue weighted by Crippen LogP contribution is -2.35. The lowest BCUT2D eigenvalue weighted by molar-refractivity contribution is 0.422. The average molecular weight is 340 g/mol. The van der Waals surface area contributed by atoms with Crippen LogP contribution in [0.5, 0.6) is 0 Å². The third-order valence-electron chi connectivity index (χ3n) is 2.90. The van der Waals surface area contributed by atoms with Crippen molar-refractivity contribution in [1.29, 1.82) is 0 Å². The van der Waals surface area contributed by atoms with Crippen molar-refractivity contribution < 1.29 is 0 Å². The van der Waals surface area contributed by atoms with Gasteiger partial charge in [0.1, 0.15) is 0 Å². The van der Waals surface area contributed by atoms with Crippen molar-refractivity contribution in [2.75, 3.05) is 0 Å². The Kier molecular flexibility index (Phi) is 5.61. The molecule has 112 valence electrons. The first kappa shape index (κ1) is 16.7. The zero-order chi connectivity index (χ0) is 15.5. The molecule has 0 amide bonds. The van der Waals surface area contributed by atoms with Crippen LogP contribution in [0.4, 0.5) is 0 Å². The molecule has 1 nitrogen and oxygen atoms in total. The van der Waals surface area contributed by atoms with E-state index in [2.05, 4.69) is 50.4 Å². The van der Waals surface area contributed by atoms with Crippen LogP contribution < -0.4 is 5.32 Å². The van der Waals surface area contributed by atoms with Crippen molar-refractivity contribution >= 4 is 35.0 Å². The maximum absolute atomic E-state index is 6.08. The summed E-state index contributed by atoms with van der Waals surface area (Å²) in [4.78, 5) is 2.32. The second kappa shape index (κ2) is 7.06. The van der Waals surface area contributed by atoms with E-state index in [1.54, 1.807) is 11.8 Å². The third kappa shape index (κ3) is 5.23. The normalized spacial score (nSPS) is 11.7. The first-order valence-corrected chi connectivity index (χ1v) is 8.38. The summed E-state index contributed by atoms with van der Waals surface area (Å²) in [5, 5.41) is 4.70. The first-order chi connectivity index (χ1) is 9.85. The summed E-state index contributed by atoms with van der Waals surface area (Å²) in [7, 11) is 0. The van der Waals surface area contributed by atoms with Crippen LogP contribution in [0.1, 0.15) is 26.3 Å². The van der Waals surface area contributed by atoms with Gasteiger partial charge in [-0.15, -0.1) is 0 Å². The summed E-state index contributed by atoms with van der Waals surface area (Å²) in [6, 6.07) is 14.1. The highest BCUT2D eigenvalue weighted by Crippen LogP contribution is 2.34.